The van der Waals surface area contributed by atoms with Crippen molar-refractivity contribution in [2.75, 3.05) is 0 Å². The number of hydrogen-bond acceptors (Lipinski definition) is 2. The first-order valence-electron chi connectivity index (χ1n) is 23.2. The topological polar surface area (TPSA) is 13.1 Å². The largest absolute Gasteiger partial charge is 0.456 e. The fourth-order valence-electron chi connectivity index (χ4n) is 8.58. The maximum atomic E-state index is 9.49. The highest BCUT2D eigenvalue weighted by Gasteiger charge is 2.20. The van der Waals surface area contributed by atoms with Crippen LogP contribution in [0, 0.1) is 0 Å². The number of fused-ring (bicyclic) bond motifs is 7. The highest BCUT2D eigenvalue weighted by molar-refractivity contribution is 7.18. The van der Waals surface area contributed by atoms with E-state index in [1.807, 2.05) is 72.8 Å². The van der Waals surface area contributed by atoms with E-state index in [1.54, 1.807) is 17.4 Å². The summed E-state index contributed by atoms with van der Waals surface area (Å²) in [6, 6.07) is 49.8. The lowest BCUT2D eigenvalue weighted by molar-refractivity contribution is 0.633. The number of benzene rings is 10. The molecule has 0 saturated carbocycles. The molecule has 12 aromatic rings. The summed E-state index contributed by atoms with van der Waals surface area (Å²) in [4.78, 5) is 2.16. The Morgan fingerprint density at radius 2 is 0.983 bits per heavy atom. The van der Waals surface area contributed by atoms with Crippen LogP contribution in [-0.4, -0.2) is 0 Å². The SMILES string of the molecule is [2H]c1c([2H])c([2H])c2c(-c3cc4ccc(-c5ccc(-c6ccccc6)s5)cc4o3)c3c([2H])c([2H])c([2H])c([2H])c3c(-c3ccc4c(-c5ccc6ccc7ccccc7c6c5)cccc4c3)c2c1[2H]. The Hall–Kier alpha value is -7.26. The lowest BCUT2D eigenvalue weighted by Crippen LogP contribution is -1.90. The summed E-state index contributed by atoms with van der Waals surface area (Å²) in [5, 5.41) is 7.63. The molecule has 1 nitrogen and oxygen atoms in total. The van der Waals surface area contributed by atoms with Gasteiger partial charge in [0.05, 0.1) is 11.0 Å². The van der Waals surface area contributed by atoms with Crippen LogP contribution in [0.1, 0.15) is 11.0 Å². The molecule has 0 unspecified atom stereocenters. The monoisotopic (exact) mass is 762 g/mol. The molecule has 2 heterocycles. The summed E-state index contributed by atoms with van der Waals surface area (Å²) >= 11 is 1.66. The summed E-state index contributed by atoms with van der Waals surface area (Å²) < 4.78 is 80.2. The Balaban J connectivity index is 1.10. The lowest BCUT2D eigenvalue weighted by atomic mass is 9.86. The first kappa shape index (κ1) is 25.8. The molecule has 0 N–H and O–H groups in total. The smallest absolute Gasteiger partial charge is 0.136 e. The van der Waals surface area contributed by atoms with E-state index in [0.717, 1.165) is 64.3 Å². The molecule has 0 aliphatic heterocycles. The Kier molecular flexibility index (Phi) is 5.86. The second-order valence-electron chi connectivity index (χ2n) is 14.6. The van der Waals surface area contributed by atoms with E-state index in [9.17, 15) is 5.48 Å². The molecule has 2 aromatic heterocycles. The Morgan fingerprint density at radius 3 is 1.78 bits per heavy atom. The average Bonchev–Trinajstić information content (AvgIpc) is 4.03. The van der Waals surface area contributed by atoms with Crippen molar-refractivity contribution < 1.29 is 15.4 Å². The summed E-state index contributed by atoms with van der Waals surface area (Å²) in [5.74, 6) is 0.223. The van der Waals surface area contributed by atoms with E-state index in [-0.39, 0.29) is 62.6 Å². The van der Waals surface area contributed by atoms with Crippen LogP contribution in [-0.2, 0) is 0 Å². The maximum Gasteiger partial charge on any atom is 0.136 e. The fraction of sp³-hybridized carbons (Fsp3) is 0. The van der Waals surface area contributed by atoms with Gasteiger partial charge in [0.2, 0.25) is 0 Å². The molecule has 0 aliphatic carbocycles. The third-order valence-electron chi connectivity index (χ3n) is 11.3. The van der Waals surface area contributed by atoms with Crippen LogP contribution in [0.15, 0.2) is 210 Å². The number of thiophene rings is 1. The maximum absolute atomic E-state index is 9.49. The van der Waals surface area contributed by atoms with E-state index in [2.05, 4.69) is 78.9 Å². The van der Waals surface area contributed by atoms with Crippen molar-refractivity contribution in [2.45, 2.75) is 0 Å². The summed E-state index contributed by atoms with van der Waals surface area (Å²) in [6.07, 6.45) is 0. The van der Waals surface area contributed by atoms with Gasteiger partial charge in [-0.1, -0.05) is 170 Å². The van der Waals surface area contributed by atoms with Crippen molar-refractivity contribution in [3.05, 3.63) is 206 Å². The molecular formula is C56H34OS. The first-order valence-corrected chi connectivity index (χ1v) is 20.0. The summed E-state index contributed by atoms with van der Waals surface area (Å²) in [7, 11) is 0. The third-order valence-corrected chi connectivity index (χ3v) is 12.5. The normalized spacial score (nSPS) is 13.7. The van der Waals surface area contributed by atoms with Crippen LogP contribution in [0.3, 0.4) is 0 Å². The molecule has 0 amide bonds. The molecule has 270 valence electrons. The zero-order chi connectivity index (χ0) is 45.1. The van der Waals surface area contributed by atoms with Crippen LogP contribution in [0.4, 0.5) is 0 Å². The van der Waals surface area contributed by atoms with E-state index in [4.69, 9.17) is 9.90 Å². The van der Waals surface area contributed by atoms with Gasteiger partial charge in [-0.05, 0) is 124 Å². The van der Waals surface area contributed by atoms with Crippen molar-refractivity contribution in [1.82, 2.24) is 0 Å². The Bertz CT molecular complexity index is 3960. The molecule has 2 heteroatoms. The number of furan rings is 1. The first-order chi connectivity index (χ1) is 32.0. The predicted octanol–water partition coefficient (Wildman–Crippen LogP) is 16.6. The Labute approximate surface area is 350 Å². The van der Waals surface area contributed by atoms with Gasteiger partial charge in [-0.2, -0.15) is 0 Å². The molecule has 58 heavy (non-hydrogen) atoms. The van der Waals surface area contributed by atoms with Gasteiger partial charge >= 0.3 is 0 Å². The van der Waals surface area contributed by atoms with Crippen molar-refractivity contribution in [3.8, 4) is 54.5 Å². The van der Waals surface area contributed by atoms with Crippen LogP contribution < -0.4 is 0 Å². The Morgan fingerprint density at radius 1 is 0.362 bits per heavy atom. The van der Waals surface area contributed by atoms with E-state index in [0.29, 0.717) is 11.1 Å². The van der Waals surface area contributed by atoms with Crippen molar-refractivity contribution in [2.24, 2.45) is 0 Å². The van der Waals surface area contributed by atoms with Crippen LogP contribution in [0.5, 0.6) is 0 Å². The van der Waals surface area contributed by atoms with Crippen molar-refractivity contribution in [3.63, 3.8) is 0 Å². The zero-order valence-corrected chi connectivity index (χ0v) is 31.6. The summed E-state index contributed by atoms with van der Waals surface area (Å²) in [5.41, 5.74) is 5.62. The van der Waals surface area contributed by atoms with Gasteiger partial charge < -0.3 is 4.42 Å². The molecule has 12 rings (SSSR count). The molecule has 0 fully saturated rings. The van der Waals surface area contributed by atoms with Crippen molar-refractivity contribution >= 4 is 76.2 Å². The second kappa shape index (κ2) is 13.2. The van der Waals surface area contributed by atoms with E-state index in [1.165, 1.54) is 5.39 Å². The average molecular weight is 763 g/mol. The quantitative estimate of drug-likeness (QED) is 0.126. The molecule has 0 bridgehead atoms. The van der Waals surface area contributed by atoms with Gasteiger partial charge in [-0.15, -0.1) is 11.3 Å². The standard InChI is InChI=1S/C56H34OS/c1-2-12-37(13-3-1)53-29-30-54(58-53)41-26-25-40-33-52(57-51(40)34-41)56-48-18-8-6-16-46(48)55(47-17-7-9-19-49(47)56)42-27-28-45-38(31-42)14-10-20-44(45)39-24-23-36-22-21-35-11-4-5-15-43(35)50(36)32-39/h1-34H/i6D,7D,8D,9D,16D,17D,18D,19D. The predicted molar refractivity (Wildman–Crippen MR) is 249 cm³/mol. The van der Waals surface area contributed by atoms with Gasteiger partial charge in [0.25, 0.3) is 0 Å². The fourth-order valence-corrected chi connectivity index (χ4v) is 9.59. The van der Waals surface area contributed by atoms with Gasteiger partial charge in [0.1, 0.15) is 11.3 Å². The molecule has 0 spiro atoms. The van der Waals surface area contributed by atoms with Gasteiger partial charge in [-0.25, -0.2) is 0 Å². The van der Waals surface area contributed by atoms with Gasteiger partial charge in [-0.3, -0.25) is 0 Å². The van der Waals surface area contributed by atoms with Gasteiger partial charge in [0.15, 0.2) is 0 Å². The van der Waals surface area contributed by atoms with Gasteiger partial charge in [0, 0.05) is 20.7 Å². The third kappa shape index (κ3) is 5.30. The van der Waals surface area contributed by atoms with E-state index < -0.39 is 24.2 Å². The number of hydrogen-bond donors (Lipinski definition) is 0. The van der Waals surface area contributed by atoms with E-state index >= 15 is 0 Å². The minimum Gasteiger partial charge on any atom is -0.456 e. The minimum absolute atomic E-state index is 0.107. The highest BCUT2D eigenvalue weighted by atomic mass is 32.1. The molecule has 0 radical (unpaired) electrons. The molecule has 0 atom stereocenters. The highest BCUT2D eigenvalue weighted by Crippen LogP contribution is 2.46. The summed E-state index contributed by atoms with van der Waals surface area (Å²) in [6.45, 7) is 0. The molecule has 0 saturated heterocycles. The van der Waals surface area contributed by atoms with Crippen LogP contribution in [0.2, 0.25) is 0 Å². The van der Waals surface area contributed by atoms with Crippen molar-refractivity contribution in [1.29, 1.82) is 0 Å². The van der Waals surface area contributed by atoms with Crippen LogP contribution >= 0.6 is 11.3 Å². The molecule has 10 aromatic carbocycles. The zero-order valence-electron chi connectivity index (χ0n) is 38.8. The number of rotatable bonds is 5. The minimum atomic E-state index is -0.462. The van der Waals surface area contributed by atoms with Crippen LogP contribution in [0.25, 0.3) is 119 Å². The second-order valence-corrected chi connectivity index (χ2v) is 15.7. The molecular weight excluding hydrogens is 721 g/mol. The lowest BCUT2D eigenvalue weighted by Gasteiger charge is -2.17. The molecule has 0 aliphatic rings.